The van der Waals surface area contributed by atoms with E-state index in [1.165, 1.54) is 12.4 Å². The van der Waals surface area contributed by atoms with E-state index in [-0.39, 0.29) is 17.7 Å². The van der Waals surface area contributed by atoms with Gasteiger partial charge in [-0.25, -0.2) is 0 Å². The number of hydrogen-bond acceptors (Lipinski definition) is 3. The lowest BCUT2D eigenvalue weighted by atomic mass is 9.96. The third-order valence-electron chi connectivity index (χ3n) is 3.19. The minimum Gasteiger partial charge on any atom is -0.369 e. The Bertz CT molecular complexity index is 470. The van der Waals surface area contributed by atoms with Crippen LogP contribution >= 0.6 is 11.6 Å². The number of rotatable bonds is 2. The molecule has 2 amide bonds. The first kappa shape index (κ1) is 12.8. The number of amides is 2. The van der Waals surface area contributed by atoms with Crippen molar-refractivity contribution in [2.75, 3.05) is 13.1 Å². The van der Waals surface area contributed by atoms with Gasteiger partial charge in [0.25, 0.3) is 5.91 Å². The van der Waals surface area contributed by atoms with E-state index in [1.807, 2.05) is 0 Å². The second-order valence-corrected chi connectivity index (χ2v) is 4.73. The SMILES string of the molecule is NC(=O)C1CCN(C(=O)c2ccncc2Cl)CC1. The van der Waals surface area contributed by atoms with Crippen LogP contribution in [0.1, 0.15) is 23.2 Å². The molecule has 5 nitrogen and oxygen atoms in total. The zero-order chi connectivity index (χ0) is 13.1. The Balaban J connectivity index is 2.04. The van der Waals surface area contributed by atoms with E-state index in [0.29, 0.717) is 36.5 Å². The number of halogens is 1. The molecule has 1 aromatic heterocycles. The molecule has 96 valence electrons. The fourth-order valence-corrected chi connectivity index (χ4v) is 2.29. The van der Waals surface area contributed by atoms with Gasteiger partial charge in [0.05, 0.1) is 10.6 Å². The maximum absolute atomic E-state index is 12.2. The molecule has 0 spiro atoms. The average molecular weight is 268 g/mol. The first-order valence-corrected chi connectivity index (χ1v) is 6.15. The van der Waals surface area contributed by atoms with Crippen LogP contribution in [0.4, 0.5) is 0 Å². The predicted molar refractivity (Wildman–Crippen MR) is 67.1 cm³/mol. The Morgan fingerprint density at radius 3 is 2.61 bits per heavy atom. The summed E-state index contributed by atoms with van der Waals surface area (Å²) in [6.45, 7) is 1.07. The molecule has 2 rings (SSSR count). The van der Waals surface area contributed by atoms with Crippen molar-refractivity contribution < 1.29 is 9.59 Å². The summed E-state index contributed by atoms with van der Waals surface area (Å²) in [6, 6.07) is 1.60. The fourth-order valence-electron chi connectivity index (χ4n) is 2.09. The van der Waals surface area contributed by atoms with Crippen molar-refractivity contribution >= 4 is 23.4 Å². The first-order chi connectivity index (χ1) is 8.59. The van der Waals surface area contributed by atoms with Gasteiger partial charge in [-0.2, -0.15) is 0 Å². The topological polar surface area (TPSA) is 76.3 Å². The van der Waals surface area contributed by atoms with Gasteiger partial charge in [-0.1, -0.05) is 11.6 Å². The maximum Gasteiger partial charge on any atom is 0.255 e. The summed E-state index contributed by atoms with van der Waals surface area (Å²) in [5, 5.41) is 0.347. The van der Waals surface area contributed by atoms with Gasteiger partial charge >= 0.3 is 0 Å². The van der Waals surface area contributed by atoms with Gasteiger partial charge in [0.2, 0.25) is 5.91 Å². The Labute approximate surface area is 110 Å². The quantitative estimate of drug-likeness (QED) is 0.871. The monoisotopic (exact) mass is 267 g/mol. The number of aromatic nitrogens is 1. The van der Waals surface area contributed by atoms with Gasteiger partial charge in [-0.3, -0.25) is 14.6 Å². The third kappa shape index (κ3) is 2.61. The van der Waals surface area contributed by atoms with Crippen LogP contribution in [-0.4, -0.2) is 34.8 Å². The molecule has 1 aromatic rings. The molecule has 0 saturated carbocycles. The molecular weight excluding hydrogens is 254 g/mol. The lowest BCUT2D eigenvalue weighted by Gasteiger charge is -2.30. The predicted octanol–water partition coefficient (Wildman–Crippen LogP) is 1.07. The highest BCUT2D eigenvalue weighted by molar-refractivity contribution is 6.33. The van der Waals surface area contributed by atoms with Gasteiger partial charge in [-0.15, -0.1) is 0 Å². The summed E-state index contributed by atoms with van der Waals surface area (Å²) in [6.07, 6.45) is 4.22. The fraction of sp³-hybridized carbons (Fsp3) is 0.417. The highest BCUT2D eigenvalue weighted by Gasteiger charge is 2.27. The number of primary amides is 1. The number of carbonyl (C=O) groups excluding carboxylic acids is 2. The van der Waals surface area contributed by atoms with Gasteiger partial charge in [-0.05, 0) is 18.9 Å². The van der Waals surface area contributed by atoms with E-state index in [4.69, 9.17) is 17.3 Å². The van der Waals surface area contributed by atoms with Gasteiger partial charge < -0.3 is 10.6 Å². The number of piperidine rings is 1. The molecule has 0 radical (unpaired) electrons. The molecule has 0 bridgehead atoms. The normalized spacial score (nSPS) is 16.6. The Morgan fingerprint density at radius 2 is 2.06 bits per heavy atom. The third-order valence-corrected chi connectivity index (χ3v) is 3.49. The largest absolute Gasteiger partial charge is 0.369 e. The molecule has 0 aromatic carbocycles. The van der Waals surface area contributed by atoms with Gasteiger partial charge in [0.1, 0.15) is 0 Å². The number of nitrogens with two attached hydrogens (primary N) is 1. The lowest BCUT2D eigenvalue weighted by Crippen LogP contribution is -2.41. The highest BCUT2D eigenvalue weighted by atomic mass is 35.5. The van der Waals surface area contributed by atoms with E-state index in [1.54, 1.807) is 11.0 Å². The summed E-state index contributed by atoms with van der Waals surface area (Å²) in [5.74, 6) is -0.531. The minimum atomic E-state index is -0.288. The summed E-state index contributed by atoms with van der Waals surface area (Å²) >= 11 is 5.93. The average Bonchev–Trinajstić information content (AvgIpc) is 2.38. The zero-order valence-electron chi connectivity index (χ0n) is 9.80. The van der Waals surface area contributed by atoms with Crippen molar-refractivity contribution in [2.45, 2.75) is 12.8 Å². The van der Waals surface area contributed by atoms with Gasteiger partial charge in [0, 0.05) is 31.4 Å². The van der Waals surface area contributed by atoms with E-state index < -0.39 is 0 Å². The number of nitrogens with zero attached hydrogens (tertiary/aromatic N) is 2. The number of carbonyl (C=O) groups is 2. The van der Waals surface area contributed by atoms with Crippen LogP contribution in [0.2, 0.25) is 5.02 Å². The summed E-state index contributed by atoms with van der Waals surface area (Å²) in [5.41, 5.74) is 5.70. The van der Waals surface area contributed by atoms with Crippen LogP contribution in [0, 0.1) is 5.92 Å². The molecular formula is C12H14ClN3O2. The molecule has 6 heteroatoms. The molecule has 0 aliphatic carbocycles. The Kier molecular flexibility index (Phi) is 3.81. The van der Waals surface area contributed by atoms with Crippen molar-refractivity contribution in [1.82, 2.24) is 9.88 Å². The van der Waals surface area contributed by atoms with E-state index in [9.17, 15) is 9.59 Å². The lowest BCUT2D eigenvalue weighted by molar-refractivity contribution is -0.123. The summed E-state index contributed by atoms with van der Waals surface area (Å²) in [4.78, 5) is 28.8. The van der Waals surface area contributed by atoms with Crippen molar-refractivity contribution in [3.05, 3.63) is 29.0 Å². The summed E-state index contributed by atoms with van der Waals surface area (Å²) < 4.78 is 0. The molecule has 1 fully saturated rings. The van der Waals surface area contributed by atoms with Crippen molar-refractivity contribution in [1.29, 1.82) is 0 Å². The smallest absolute Gasteiger partial charge is 0.255 e. The van der Waals surface area contributed by atoms with Crippen LogP contribution in [-0.2, 0) is 4.79 Å². The maximum atomic E-state index is 12.2. The molecule has 1 saturated heterocycles. The number of pyridine rings is 1. The van der Waals surface area contributed by atoms with Crippen LogP contribution < -0.4 is 5.73 Å². The number of likely N-dealkylation sites (tertiary alicyclic amines) is 1. The minimum absolute atomic E-state index is 0.120. The van der Waals surface area contributed by atoms with Crippen LogP contribution in [0.5, 0.6) is 0 Å². The van der Waals surface area contributed by atoms with Gasteiger partial charge in [0.15, 0.2) is 0 Å². The van der Waals surface area contributed by atoms with Crippen molar-refractivity contribution in [3.63, 3.8) is 0 Å². The van der Waals surface area contributed by atoms with E-state index in [0.717, 1.165) is 0 Å². The molecule has 2 heterocycles. The molecule has 1 aliphatic rings. The second kappa shape index (κ2) is 5.35. The Morgan fingerprint density at radius 1 is 1.39 bits per heavy atom. The Hall–Kier alpha value is -1.62. The van der Waals surface area contributed by atoms with E-state index >= 15 is 0 Å². The summed E-state index contributed by atoms with van der Waals surface area (Å²) in [7, 11) is 0. The second-order valence-electron chi connectivity index (χ2n) is 4.32. The number of hydrogen-bond donors (Lipinski definition) is 1. The van der Waals surface area contributed by atoms with Crippen molar-refractivity contribution in [3.8, 4) is 0 Å². The highest BCUT2D eigenvalue weighted by Crippen LogP contribution is 2.21. The standard InChI is InChI=1S/C12H14ClN3O2/c13-10-7-15-4-1-9(10)12(18)16-5-2-8(3-6-16)11(14)17/h1,4,7-8H,2-3,5-6H2,(H2,14,17). The molecule has 0 unspecified atom stereocenters. The zero-order valence-corrected chi connectivity index (χ0v) is 10.6. The molecule has 18 heavy (non-hydrogen) atoms. The van der Waals surface area contributed by atoms with Crippen molar-refractivity contribution in [2.24, 2.45) is 11.7 Å². The van der Waals surface area contributed by atoms with Crippen LogP contribution in [0.15, 0.2) is 18.5 Å². The molecule has 2 N–H and O–H groups in total. The molecule has 1 aliphatic heterocycles. The van der Waals surface area contributed by atoms with Crippen LogP contribution in [0.3, 0.4) is 0 Å². The van der Waals surface area contributed by atoms with E-state index in [2.05, 4.69) is 4.98 Å². The first-order valence-electron chi connectivity index (χ1n) is 5.77. The van der Waals surface area contributed by atoms with Crippen LogP contribution in [0.25, 0.3) is 0 Å². The molecule has 0 atom stereocenters.